The third kappa shape index (κ3) is 2.29. The minimum Gasteiger partial charge on any atom is -0.330 e. The molecule has 0 saturated heterocycles. The van der Waals surface area contributed by atoms with Crippen molar-refractivity contribution in [2.75, 3.05) is 0 Å². The molecule has 120 valence electrons. The van der Waals surface area contributed by atoms with E-state index in [1.807, 2.05) is 18.2 Å². The van der Waals surface area contributed by atoms with Crippen LogP contribution in [0.3, 0.4) is 0 Å². The molecule has 0 spiro atoms. The van der Waals surface area contributed by atoms with E-state index in [1.54, 1.807) is 24.3 Å². The molecular formula is C19H15NO4. The first-order valence-electron chi connectivity index (χ1n) is 7.91. The highest BCUT2D eigenvalue weighted by Gasteiger charge is 2.39. The highest BCUT2D eigenvalue weighted by atomic mass is 16.7. The van der Waals surface area contributed by atoms with E-state index in [0.717, 1.165) is 18.4 Å². The highest BCUT2D eigenvalue weighted by molar-refractivity contribution is 6.20. The molecule has 1 heterocycles. The first-order valence-corrected chi connectivity index (χ1v) is 7.91. The molecular weight excluding hydrogens is 306 g/mol. The number of fused-ring (bicyclic) bond motifs is 2. The van der Waals surface area contributed by atoms with E-state index in [9.17, 15) is 14.4 Å². The zero-order chi connectivity index (χ0) is 16.7. The van der Waals surface area contributed by atoms with Crippen LogP contribution in [0.15, 0.2) is 48.5 Å². The minimum absolute atomic E-state index is 0.0730. The summed E-state index contributed by atoms with van der Waals surface area (Å²) in [5.41, 5.74) is 2.93. The van der Waals surface area contributed by atoms with Gasteiger partial charge in [-0.1, -0.05) is 41.5 Å². The topological polar surface area (TPSA) is 63.7 Å². The molecule has 5 heteroatoms. The van der Waals surface area contributed by atoms with Crippen LogP contribution in [0.4, 0.5) is 0 Å². The Bertz CT molecular complexity index is 823. The summed E-state index contributed by atoms with van der Waals surface area (Å²) in [6.07, 6.45) is 1.96. The number of aryl methyl sites for hydroxylation is 1. The zero-order valence-corrected chi connectivity index (χ0v) is 12.9. The van der Waals surface area contributed by atoms with Crippen LogP contribution < -0.4 is 0 Å². The van der Waals surface area contributed by atoms with Gasteiger partial charge in [-0.2, -0.15) is 0 Å². The van der Waals surface area contributed by atoms with Gasteiger partial charge in [0.15, 0.2) is 0 Å². The molecule has 0 fully saturated rings. The van der Waals surface area contributed by atoms with Gasteiger partial charge in [0.25, 0.3) is 11.8 Å². The van der Waals surface area contributed by atoms with Crippen LogP contribution in [0.2, 0.25) is 0 Å². The number of imide groups is 1. The Balaban J connectivity index is 1.47. The number of benzene rings is 2. The molecule has 4 rings (SSSR count). The average Bonchev–Trinajstić information content (AvgIpc) is 3.11. The zero-order valence-electron chi connectivity index (χ0n) is 12.9. The second kappa shape index (κ2) is 5.60. The molecule has 1 aliphatic heterocycles. The monoisotopic (exact) mass is 321 g/mol. The molecule has 0 bridgehead atoms. The van der Waals surface area contributed by atoms with Crippen molar-refractivity contribution in [3.63, 3.8) is 0 Å². The second-order valence-electron chi connectivity index (χ2n) is 6.05. The molecule has 2 aliphatic rings. The number of hydroxylamine groups is 2. The van der Waals surface area contributed by atoms with Gasteiger partial charge >= 0.3 is 5.97 Å². The predicted octanol–water partition coefficient (Wildman–Crippen LogP) is 2.86. The molecule has 0 radical (unpaired) electrons. The van der Waals surface area contributed by atoms with E-state index in [2.05, 4.69) is 6.07 Å². The Morgan fingerprint density at radius 2 is 1.62 bits per heavy atom. The number of carbonyl (C=O) groups excluding carboxylic acids is 3. The van der Waals surface area contributed by atoms with Gasteiger partial charge in [0.2, 0.25) is 0 Å². The Kier molecular flexibility index (Phi) is 3.41. The van der Waals surface area contributed by atoms with Gasteiger partial charge in [0, 0.05) is 0 Å². The van der Waals surface area contributed by atoms with E-state index in [-0.39, 0.29) is 23.5 Å². The van der Waals surface area contributed by atoms with Crippen LogP contribution >= 0.6 is 0 Å². The van der Waals surface area contributed by atoms with E-state index in [4.69, 9.17) is 4.84 Å². The van der Waals surface area contributed by atoms with Gasteiger partial charge in [0.05, 0.1) is 17.5 Å². The van der Waals surface area contributed by atoms with Crippen LogP contribution in [-0.2, 0) is 16.1 Å². The van der Waals surface area contributed by atoms with Crippen LogP contribution in [0.5, 0.6) is 0 Å². The maximum absolute atomic E-state index is 12.2. The summed E-state index contributed by atoms with van der Waals surface area (Å²) in [6, 6.07) is 14.5. The van der Waals surface area contributed by atoms with Crippen LogP contribution in [0, 0.1) is 0 Å². The lowest BCUT2D eigenvalue weighted by molar-refractivity contribution is -0.169. The van der Waals surface area contributed by atoms with Crippen LogP contribution in [0.25, 0.3) is 0 Å². The van der Waals surface area contributed by atoms with Crippen molar-refractivity contribution in [1.29, 1.82) is 0 Å². The van der Waals surface area contributed by atoms with E-state index in [1.165, 1.54) is 5.56 Å². The summed E-state index contributed by atoms with van der Waals surface area (Å²) in [6.45, 7) is 0. The van der Waals surface area contributed by atoms with Crippen molar-refractivity contribution in [3.8, 4) is 0 Å². The maximum atomic E-state index is 12.2. The number of amides is 2. The molecule has 1 aliphatic carbocycles. The molecule has 1 unspecified atom stereocenters. The Morgan fingerprint density at radius 3 is 2.33 bits per heavy atom. The SMILES string of the molecule is O=C(CC1CCc2ccccc21)ON1C(=O)c2ccccc2C1=O. The molecule has 2 amide bonds. The van der Waals surface area contributed by atoms with E-state index in [0.29, 0.717) is 5.06 Å². The molecule has 2 aromatic carbocycles. The average molecular weight is 321 g/mol. The lowest BCUT2D eigenvalue weighted by Crippen LogP contribution is -2.33. The molecule has 24 heavy (non-hydrogen) atoms. The lowest BCUT2D eigenvalue weighted by Gasteiger charge is -2.15. The first-order chi connectivity index (χ1) is 11.6. The van der Waals surface area contributed by atoms with E-state index >= 15 is 0 Å². The fourth-order valence-electron chi connectivity index (χ4n) is 3.45. The summed E-state index contributed by atoms with van der Waals surface area (Å²) in [5, 5.41) is 0.577. The highest BCUT2D eigenvalue weighted by Crippen LogP contribution is 2.35. The first kappa shape index (κ1) is 14.6. The quantitative estimate of drug-likeness (QED) is 0.816. The number of hydrogen-bond donors (Lipinski definition) is 0. The summed E-state index contributed by atoms with van der Waals surface area (Å²) in [4.78, 5) is 41.7. The molecule has 5 nitrogen and oxygen atoms in total. The third-order valence-electron chi connectivity index (χ3n) is 4.62. The lowest BCUT2D eigenvalue weighted by atomic mass is 9.98. The molecule has 0 aromatic heterocycles. The van der Waals surface area contributed by atoms with Crippen molar-refractivity contribution in [3.05, 3.63) is 70.8 Å². The summed E-state index contributed by atoms with van der Waals surface area (Å²) in [5.74, 6) is -1.67. The minimum atomic E-state index is -0.587. The Labute approximate surface area is 138 Å². The number of nitrogens with zero attached hydrogens (tertiary/aromatic N) is 1. The largest absolute Gasteiger partial charge is 0.333 e. The van der Waals surface area contributed by atoms with Crippen molar-refractivity contribution in [1.82, 2.24) is 5.06 Å². The molecule has 0 saturated carbocycles. The fourth-order valence-corrected chi connectivity index (χ4v) is 3.45. The van der Waals surface area contributed by atoms with Gasteiger partial charge in [-0.05, 0) is 42.0 Å². The molecule has 1 atom stereocenters. The molecule has 2 aromatic rings. The van der Waals surface area contributed by atoms with Gasteiger partial charge in [-0.3, -0.25) is 9.59 Å². The van der Waals surface area contributed by atoms with Crippen LogP contribution in [-0.4, -0.2) is 22.8 Å². The van der Waals surface area contributed by atoms with Gasteiger partial charge in [0.1, 0.15) is 0 Å². The maximum Gasteiger partial charge on any atom is 0.333 e. The predicted molar refractivity (Wildman–Crippen MR) is 85.2 cm³/mol. The standard InChI is InChI=1S/C19H15NO4/c21-17(11-13-10-9-12-5-1-2-6-14(12)13)24-20-18(22)15-7-3-4-8-16(15)19(20)23/h1-8,13H,9-11H2. The summed E-state index contributed by atoms with van der Waals surface area (Å²) < 4.78 is 0. The Hall–Kier alpha value is -2.95. The van der Waals surface area contributed by atoms with Crippen molar-refractivity contribution in [2.24, 2.45) is 0 Å². The molecule has 0 N–H and O–H groups in total. The Morgan fingerprint density at radius 1 is 1.00 bits per heavy atom. The summed E-state index contributed by atoms with van der Waals surface area (Å²) in [7, 11) is 0. The number of hydrogen-bond acceptors (Lipinski definition) is 4. The number of carbonyl (C=O) groups is 3. The third-order valence-corrected chi connectivity index (χ3v) is 4.62. The van der Waals surface area contributed by atoms with Crippen molar-refractivity contribution >= 4 is 17.8 Å². The fraction of sp³-hybridized carbons (Fsp3) is 0.211. The number of rotatable bonds is 3. The van der Waals surface area contributed by atoms with Gasteiger partial charge in [-0.25, -0.2) is 4.79 Å². The van der Waals surface area contributed by atoms with Gasteiger partial charge < -0.3 is 4.84 Å². The smallest absolute Gasteiger partial charge is 0.330 e. The second-order valence-corrected chi connectivity index (χ2v) is 6.05. The van der Waals surface area contributed by atoms with Crippen molar-refractivity contribution < 1.29 is 19.2 Å². The van der Waals surface area contributed by atoms with Crippen molar-refractivity contribution in [2.45, 2.75) is 25.2 Å². The normalized spacial score (nSPS) is 18.5. The van der Waals surface area contributed by atoms with E-state index < -0.39 is 17.8 Å². The summed E-state index contributed by atoms with van der Waals surface area (Å²) >= 11 is 0. The van der Waals surface area contributed by atoms with Crippen LogP contribution in [0.1, 0.15) is 50.6 Å². The van der Waals surface area contributed by atoms with Gasteiger partial charge in [-0.15, -0.1) is 0 Å².